The van der Waals surface area contributed by atoms with Crippen LogP contribution in [0.2, 0.25) is 0 Å². The maximum absolute atomic E-state index is 12.4. The van der Waals surface area contributed by atoms with Crippen LogP contribution in [0.3, 0.4) is 0 Å². The highest BCUT2D eigenvalue weighted by Crippen LogP contribution is 2.28. The van der Waals surface area contributed by atoms with Crippen molar-refractivity contribution in [1.82, 2.24) is 9.88 Å². The number of pyridine rings is 1. The summed E-state index contributed by atoms with van der Waals surface area (Å²) in [6.07, 6.45) is -1.92. The summed E-state index contributed by atoms with van der Waals surface area (Å²) in [6, 6.07) is 7.19. The van der Waals surface area contributed by atoms with Crippen LogP contribution in [0.4, 0.5) is 18.9 Å². The monoisotopic (exact) mass is 397 g/mol. The first-order valence-electron chi connectivity index (χ1n) is 8.10. The number of amides is 1. The van der Waals surface area contributed by atoms with Crippen LogP contribution in [0.25, 0.3) is 0 Å². The minimum Gasteiger partial charge on any atom is -0.492 e. The fourth-order valence-corrected chi connectivity index (χ4v) is 2.09. The van der Waals surface area contributed by atoms with Gasteiger partial charge in [0.15, 0.2) is 0 Å². The van der Waals surface area contributed by atoms with Gasteiger partial charge in [-0.1, -0.05) is 0 Å². The van der Waals surface area contributed by atoms with Crippen LogP contribution in [-0.2, 0) is 4.79 Å². The molecule has 0 bridgehead atoms. The molecule has 0 saturated heterocycles. The lowest BCUT2D eigenvalue weighted by atomic mass is 10.1. The van der Waals surface area contributed by atoms with Crippen LogP contribution in [0.15, 0.2) is 42.7 Å². The van der Waals surface area contributed by atoms with Gasteiger partial charge in [-0.15, -0.1) is 0 Å². The molecule has 0 aliphatic rings. The third-order valence-corrected chi connectivity index (χ3v) is 3.40. The first-order chi connectivity index (χ1) is 13.2. The quantitative estimate of drug-likeness (QED) is 0.440. The van der Waals surface area contributed by atoms with Gasteiger partial charge in [0.2, 0.25) is 0 Å². The first-order valence-corrected chi connectivity index (χ1v) is 8.10. The molecule has 10 heteroatoms. The molecule has 1 heterocycles. The Kier molecular flexibility index (Phi) is 6.80. The molecule has 0 spiro atoms. The normalized spacial score (nSPS) is 10.9. The van der Waals surface area contributed by atoms with E-state index in [9.17, 15) is 22.8 Å². The highest BCUT2D eigenvalue weighted by atomic mass is 19.4. The molecule has 1 aromatic carbocycles. The predicted molar refractivity (Wildman–Crippen MR) is 94.4 cm³/mol. The lowest BCUT2D eigenvalue weighted by molar-refractivity contribution is -0.189. The molecule has 0 saturated carbocycles. The second-order valence-electron chi connectivity index (χ2n) is 5.76. The molecule has 2 rings (SSSR count). The number of ether oxygens (including phenoxy) is 2. The smallest absolute Gasteiger partial charge is 0.491 e. The molecule has 0 radical (unpaired) electrons. The Hall–Kier alpha value is -3.30. The highest BCUT2D eigenvalue weighted by molar-refractivity contribution is 5.98. The molecule has 0 fully saturated rings. The summed E-state index contributed by atoms with van der Waals surface area (Å²) in [5.41, 5.74) is 0.624. The predicted octanol–water partition coefficient (Wildman–Crippen LogP) is 2.74. The number of hydrogen-bond acceptors (Lipinski definition) is 6. The van der Waals surface area contributed by atoms with Crippen molar-refractivity contribution in [2.45, 2.75) is 6.18 Å². The van der Waals surface area contributed by atoms with Crippen molar-refractivity contribution in [2.24, 2.45) is 0 Å². The van der Waals surface area contributed by atoms with E-state index in [0.717, 1.165) is 16.7 Å². The van der Waals surface area contributed by atoms with Gasteiger partial charge in [0, 0.05) is 38.7 Å². The summed E-state index contributed by atoms with van der Waals surface area (Å²) in [5, 5.41) is 3.09. The van der Waals surface area contributed by atoms with Crippen molar-refractivity contribution in [3.05, 3.63) is 48.3 Å². The second-order valence-corrected chi connectivity index (χ2v) is 5.76. The van der Waals surface area contributed by atoms with Crippen LogP contribution < -0.4 is 14.8 Å². The lowest BCUT2D eigenvalue weighted by Crippen LogP contribution is -2.29. The minimum absolute atomic E-state index is 0.220. The molecule has 7 nitrogen and oxygen atoms in total. The first kappa shape index (κ1) is 21.0. The van der Waals surface area contributed by atoms with Gasteiger partial charge in [0.1, 0.15) is 18.1 Å². The van der Waals surface area contributed by atoms with Crippen LogP contribution >= 0.6 is 0 Å². The van der Waals surface area contributed by atoms with Gasteiger partial charge in [-0.25, -0.2) is 4.79 Å². The van der Waals surface area contributed by atoms with Crippen LogP contribution in [0.1, 0.15) is 10.4 Å². The fraction of sp³-hybridized carbons (Fsp3) is 0.278. The van der Waals surface area contributed by atoms with E-state index < -0.39 is 23.8 Å². The Bertz CT molecular complexity index is 827. The van der Waals surface area contributed by atoms with Gasteiger partial charge in [-0.05, 0) is 30.3 Å². The number of nitrogens with zero attached hydrogens (tertiary/aromatic N) is 2. The molecule has 1 amide bonds. The minimum atomic E-state index is -5.17. The molecular weight excluding hydrogens is 379 g/mol. The van der Waals surface area contributed by atoms with Crippen LogP contribution in [0.5, 0.6) is 11.5 Å². The van der Waals surface area contributed by atoms with Crippen molar-refractivity contribution in [3.63, 3.8) is 0 Å². The number of esters is 1. The average Bonchev–Trinajstić information content (AvgIpc) is 2.65. The zero-order valence-corrected chi connectivity index (χ0v) is 15.1. The maximum Gasteiger partial charge on any atom is 0.491 e. The van der Waals surface area contributed by atoms with Gasteiger partial charge < -0.3 is 19.7 Å². The lowest BCUT2D eigenvalue weighted by Gasteiger charge is -2.16. The van der Waals surface area contributed by atoms with Gasteiger partial charge in [-0.2, -0.15) is 13.2 Å². The fourth-order valence-electron chi connectivity index (χ4n) is 2.09. The third-order valence-electron chi connectivity index (χ3n) is 3.40. The molecule has 0 unspecified atom stereocenters. The van der Waals surface area contributed by atoms with Crippen LogP contribution in [0, 0.1) is 0 Å². The molecule has 150 valence electrons. The number of carbonyl (C=O) groups is 2. The number of rotatable bonds is 7. The summed E-state index contributed by atoms with van der Waals surface area (Å²) >= 11 is 0. The number of anilines is 1. The molecule has 2 aromatic rings. The number of carbonyl (C=O) groups excluding carboxylic acids is 2. The maximum atomic E-state index is 12.4. The largest absolute Gasteiger partial charge is 0.492 e. The van der Waals surface area contributed by atoms with Gasteiger partial charge in [-0.3, -0.25) is 9.78 Å². The van der Waals surface area contributed by atoms with E-state index in [1.807, 2.05) is 0 Å². The third kappa shape index (κ3) is 5.86. The Morgan fingerprint density at radius 2 is 1.82 bits per heavy atom. The van der Waals surface area contributed by atoms with Crippen molar-refractivity contribution in [3.8, 4) is 11.5 Å². The summed E-state index contributed by atoms with van der Waals surface area (Å²) < 4.78 is 47.2. The van der Waals surface area contributed by atoms with Crippen molar-refractivity contribution in [1.29, 1.82) is 0 Å². The van der Waals surface area contributed by atoms with E-state index in [2.05, 4.69) is 15.0 Å². The van der Waals surface area contributed by atoms with E-state index in [0.29, 0.717) is 6.54 Å². The molecule has 28 heavy (non-hydrogen) atoms. The SMILES string of the molecule is CN(C)C(=O)c1cc(OCCNc2ccncc2)ccc1OC(=O)C(F)(F)F. The van der Waals surface area contributed by atoms with E-state index in [1.54, 1.807) is 24.5 Å². The molecule has 1 N–H and O–H groups in total. The Labute approximate surface area is 159 Å². The number of halogens is 3. The van der Waals surface area contributed by atoms with E-state index in [1.165, 1.54) is 26.2 Å². The van der Waals surface area contributed by atoms with E-state index >= 15 is 0 Å². The Morgan fingerprint density at radius 3 is 2.43 bits per heavy atom. The number of alkyl halides is 3. The van der Waals surface area contributed by atoms with Crippen molar-refractivity contribution in [2.75, 3.05) is 32.6 Å². The summed E-state index contributed by atoms with van der Waals surface area (Å²) in [5.74, 6) is -3.29. The number of nitrogens with one attached hydrogen (secondary N) is 1. The van der Waals surface area contributed by atoms with Crippen molar-refractivity contribution < 1.29 is 32.2 Å². The number of aromatic nitrogens is 1. The average molecular weight is 397 g/mol. The Balaban J connectivity index is 2.08. The Morgan fingerprint density at radius 1 is 1.14 bits per heavy atom. The van der Waals surface area contributed by atoms with Gasteiger partial charge in [0.25, 0.3) is 5.91 Å². The zero-order chi connectivity index (χ0) is 20.7. The number of benzene rings is 1. The van der Waals surface area contributed by atoms with E-state index in [-0.39, 0.29) is 17.9 Å². The van der Waals surface area contributed by atoms with E-state index in [4.69, 9.17) is 4.74 Å². The van der Waals surface area contributed by atoms with Crippen molar-refractivity contribution >= 4 is 17.6 Å². The summed E-state index contributed by atoms with van der Waals surface area (Å²) in [7, 11) is 2.84. The molecule has 0 aliphatic heterocycles. The van der Waals surface area contributed by atoms with Gasteiger partial charge in [0.05, 0.1) is 5.56 Å². The molecule has 0 aliphatic carbocycles. The number of hydrogen-bond donors (Lipinski definition) is 1. The van der Waals surface area contributed by atoms with Gasteiger partial charge >= 0.3 is 12.1 Å². The van der Waals surface area contributed by atoms with Crippen LogP contribution in [-0.4, -0.2) is 55.2 Å². The molecule has 1 aromatic heterocycles. The summed E-state index contributed by atoms with van der Waals surface area (Å²) in [6.45, 7) is 0.658. The highest BCUT2D eigenvalue weighted by Gasteiger charge is 2.42. The molecule has 0 atom stereocenters. The zero-order valence-electron chi connectivity index (χ0n) is 15.1. The second kappa shape index (κ2) is 9.07. The standard InChI is InChI=1S/C18H18F3N3O4/c1-24(2)16(25)14-11-13(3-4-15(14)28-17(26)18(19,20)21)27-10-9-23-12-5-7-22-8-6-12/h3-8,11H,9-10H2,1-2H3,(H,22,23). The summed E-state index contributed by atoms with van der Waals surface area (Å²) in [4.78, 5) is 28.4. The molecular formula is C18H18F3N3O4. The topological polar surface area (TPSA) is 80.8 Å².